The number of pyridine rings is 2. The fourth-order valence-corrected chi connectivity index (χ4v) is 3.49. The largest absolute Gasteiger partial charge is 0.256 e. The first kappa shape index (κ1) is 15.4. The molecule has 0 N–H and O–H groups in total. The Labute approximate surface area is 155 Å². The fraction of sp³-hybridized carbons (Fsp3) is 0.211. The summed E-state index contributed by atoms with van der Waals surface area (Å²) in [7, 11) is 0. The van der Waals surface area contributed by atoms with Crippen molar-refractivity contribution in [3.05, 3.63) is 64.3 Å². The van der Waals surface area contributed by atoms with Crippen molar-refractivity contribution >= 4 is 34.9 Å². The minimum absolute atomic E-state index is 0.00702. The Balaban J connectivity index is 1.39. The van der Waals surface area contributed by atoms with Gasteiger partial charge in [-0.1, -0.05) is 17.7 Å². The first-order chi connectivity index (χ1) is 12.7. The summed E-state index contributed by atoms with van der Waals surface area (Å²) in [4.78, 5) is 18.4. The van der Waals surface area contributed by atoms with Gasteiger partial charge in [-0.2, -0.15) is 5.10 Å². The van der Waals surface area contributed by atoms with Crippen LogP contribution in [0.25, 0.3) is 11.7 Å². The van der Waals surface area contributed by atoms with Crippen LogP contribution >= 0.6 is 11.6 Å². The zero-order chi connectivity index (χ0) is 17.7. The van der Waals surface area contributed by atoms with Gasteiger partial charge < -0.3 is 0 Å². The van der Waals surface area contributed by atoms with Gasteiger partial charge >= 0.3 is 0 Å². The molecule has 1 unspecified atom stereocenters. The zero-order valence-corrected chi connectivity index (χ0v) is 14.9. The van der Waals surface area contributed by atoms with Crippen LogP contribution in [0.2, 0.25) is 5.02 Å². The lowest BCUT2D eigenvalue weighted by Gasteiger charge is -2.13. The number of amidine groups is 1. The van der Waals surface area contributed by atoms with Crippen LogP contribution in [-0.2, 0) is 6.42 Å². The molecule has 0 aromatic carbocycles. The summed E-state index contributed by atoms with van der Waals surface area (Å²) in [5.41, 5.74) is 4.69. The second-order valence-electron chi connectivity index (χ2n) is 6.37. The number of hydrogen-bond donors (Lipinski definition) is 0. The molecule has 1 aliphatic heterocycles. The minimum Gasteiger partial charge on any atom is -0.256 e. The maximum atomic E-state index is 6.22. The molecule has 0 saturated heterocycles. The number of nitrogens with zero attached hydrogens (tertiary/aromatic N) is 6. The summed E-state index contributed by atoms with van der Waals surface area (Å²) in [5.74, 6) is 1.57. The van der Waals surface area contributed by atoms with Crippen LogP contribution < -0.4 is 0 Å². The predicted molar refractivity (Wildman–Crippen MR) is 102 cm³/mol. The Morgan fingerprint density at radius 1 is 1.19 bits per heavy atom. The van der Waals surface area contributed by atoms with Crippen LogP contribution in [0.3, 0.4) is 0 Å². The predicted octanol–water partition coefficient (Wildman–Crippen LogP) is 3.32. The number of fused-ring (bicyclic) bond motifs is 4. The summed E-state index contributed by atoms with van der Waals surface area (Å²) in [6.45, 7) is 1.98. The van der Waals surface area contributed by atoms with Crippen molar-refractivity contribution in [2.45, 2.75) is 25.8 Å². The van der Waals surface area contributed by atoms with Crippen LogP contribution in [0.5, 0.6) is 0 Å². The standard InChI is InChI=1S/C19H15ClN6/c1-11-4-5-13(20)19-24-17(25-26(11)19)9-8-16-22-15-7-6-14-12(18(15)23-16)3-2-10-21-14/h2-7,10,15H,8-9H2,1H3. The summed E-state index contributed by atoms with van der Waals surface area (Å²) in [6.07, 6.45) is 7.22. The van der Waals surface area contributed by atoms with Gasteiger partial charge in [-0.05, 0) is 37.3 Å². The van der Waals surface area contributed by atoms with Gasteiger partial charge in [-0.3, -0.25) is 9.98 Å². The highest BCUT2D eigenvalue weighted by molar-refractivity contribution is 6.33. The monoisotopic (exact) mass is 362 g/mol. The average Bonchev–Trinajstić information content (AvgIpc) is 3.28. The van der Waals surface area contributed by atoms with Gasteiger partial charge in [0.05, 0.1) is 16.4 Å². The van der Waals surface area contributed by atoms with E-state index in [1.54, 1.807) is 10.7 Å². The highest BCUT2D eigenvalue weighted by Crippen LogP contribution is 2.24. The molecule has 0 spiro atoms. The van der Waals surface area contributed by atoms with E-state index >= 15 is 0 Å². The molecule has 0 saturated carbocycles. The Morgan fingerprint density at radius 2 is 2.12 bits per heavy atom. The zero-order valence-electron chi connectivity index (χ0n) is 14.1. The third-order valence-electron chi connectivity index (χ3n) is 4.61. The van der Waals surface area contributed by atoms with E-state index < -0.39 is 0 Å². The van der Waals surface area contributed by atoms with Gasteiger partial charge in [-0.25, -0.2) is 14.5 Å². The molecule has 3 aromatic rings. The number of aliphatic imine (C=N–C) groups is 2. The lowest BCUT2D eigenvalue weighted by atomic mass is 9.97. The third-order valence-corrected chi connectivity index (χ3v) is 4.91. The van der Waals surface area contributed by atoms with Crippen molar-refractivity contribution in [2.75, 3.05) is 0 Å². The van der Waals surface area contributed by atoms with Gasteiger partial charge in [0.15, 0.2) is 11.5 Å². The fourth-order valence-electron chi connectivity index (χ4n) is 3.30. The van der Waals surface area contributed by atoms with Crippen LogP contribution in [0.1, 0.15) is 29.2 Å². The van der Waals surface area contributed by atoms with Crippen molar-refractivity contribution in [2.24, 2.45) is 9.98 Å². The van der Waals surface area contributed by atoms with Crippen molar-refractivity contribution in [1.29, 1.82) is 0 Å². The Bertz CT molecular complexity index is 1090. The van der Waals surface area contributed by atoms with E-state index in [1.165, 1.54) is 0 Å². The first-order valence-corrected chi connectivity index (χ1v) is 8.86. The second kappa shape index (κ2) is 5.85. The molecule has 5 rings (SSSR count). The summed E-state index contributed by atoms with van der Waals surface area (Å²) in [6, 6.07) is 7.75. The molecular formula is C19H15ClN6. The van der Waals surface area contributed by atoms with Gasteiger partial charge in [-0.15, -0.1) is 0 Å². The van der Waals surface area contributed by atoms with E-state index in [9.17, 15) is 0 Å². The van der Waals surface area contributed by atoms with Crippen LogP contribution in [0.4, 0.5) is 0 Å². The Hall–Kier alpha value is -2.86. The molecule has 1 atom stereocenters. The normalized spacial score (nSPS) is 17.8. The Morgan fingerprint density at radius 3 is 3.00 bits per heavy atom. The van der Waals surface area contributed by atoms with Crippen LogP contribution in [0, 0.1) is 6.92 Å². The first-order valence-electron chi connectivity index (χ1n) is 8.48. The van der Waals surface area contributed by atoms with E-state index in [1.807, 2.05) is 43.3 Å². The molecule has 0 fully saturated rings. The molecule has 0 amide bonds. The lowest BCUT2D eigenvalue weighted by molar-refractivity contribution is 0.841. The molecule has 4 heterocycles. The number of rotatable bonds is 3. The third kappa shape index (κ3) is 2.45. The van der Waals surface area contributed by atoms with Crippen molar-refractivity contribution in [3.63, 3.8) is 0 Å². The number of halogens is 1. The van der Waals surface area contributed by atoms with Gasteiger partial charge in [0.25, 0.3) is 0 Å². The smallest absolute Gasteiger partial charge is 0.174 e. The topological polar surface area (TPSA) is 67.8 Å². The molecule has 0 radical (unpaired) electrons. The molecule has 0 bridgehead atoms. The van der Waals surface area contributed by atoms with Gasteiger partial charge in [0.2, 0.25) is 0 Å². The van der Waals surface area contributed by atoms with Crippen LogP contribution in [-0.4, -0.2) is 37.2 Å². The quantitative estimate of drug-likeness (QED) is 0.717. The van der Waals surface area contributed by atoms with Gasteiger partial charge in [0, 0.05) is 30.3 Å². The summed E-state index contributed by atoms with van der Waals surface area (Å²) >= 11 is 6.22. The molecule has 1 aliphatic carbocycles. The van der Waals surface area contributed by atoms with E-state index in [2.05, 4.69) is 15.1 Å². The van der Waals surface area contributed by atoms with E-state index in [4.69, 9.17) is 21.6 Å². The van der Waals surface area contributed by atoms with Crippen molar-refractivity contribution in [1.82, 2.24) is 19.6 Å². The summed E-state index contributed by atoms with van der Waals surface area (Å²) in [5, 5.41) is 5.16. The molecule has 2 aliphatic rings. The number of aromatic nitrogens is 4. The second-order valence-corrected chi connectivity index (χ2v) is 6.78. The molecule has 128 valence electrons. The van der Waals surface area contributed by atoms with Crippen LogP contribution in [0.15, 0.2) is 46.5 Å². The highest BCUT2D eigenvalue weighted by atomic mass is 35.5. The average molecular weight is 363 g/mol. The maximum absolute atomic E-state index is 6.22. The van der Waals surface area contributed by atoms with E-state index in [-0.39, 0.29) is 6.04 Å². The highest BCUT2D eigenvalue weighted by Gasteiger charge is 2.26. The lowest BCUT2D eigenvalue weighted by Crippen LogP contribution is -2.19. The van der Waals surface area contributed by atoms with Crippen molar-refractivity contribution in [3.8, 4) is 0 Å². The SMILES string of the molecule is Cc1ccc(Cl)c2nc(CCC3=NC4C=Cc5ncccc5C4=N3)nn12. The van der Waals surface area contributed by atoms with Gasteiger partial charge in [0.1, 0.15) is 11.9 Å². The Kier molecular flexibility index (Phi) is 3.46. The maximum Gasteiger partial charge on any atom is 0.174 e. The van der Waals surface area contributed by atoms with E-state index in [0.717, 1.165) is 34.3 Å². The summed E-state index contributed by atoms with van der Waals surface area (Å²) < 4.78 is 1.78. The molecule has 7 heteroatoms. The van der Waals surface area contributed by atoms with Crippen molar-refractivity contribution < 1.29 is 0 Å². The van der Waals surface area contributed by atoms with E-state index in [0.29, 0.717) is 23.5 Å². The number of aryl methyl sites for hydroxylation is 2. The molecular weight excluding hydrogens is 348 g/mol. The molecule has 6 nitrogen and oxygen atoms in total. The minimum atomic E-state index is -0.00702. The number of hydrogen-bond acceptors (Lipinski definition) is 5. The molecule has 3 aromatic heterocycles. The molecule has 26 heavy (non-hydrogen) atoms.